The van der Waals surface area contributed by atoms with Crippen LogP contribution in [0.1, 0.15) is 32.9 Å². The minimum atomic E-state index is -3.88. The number of allylic oxidation sites excluding steroid dienone is 1. The first-order chi connectivity index (χ1) is 13.7. The Morgan fingerprint density at radius 3 is 2.52 bits per heavy atom. The second-order valence-electron chi connectivity index (χ2n) is 7.95. The smallest absolute Gasteiger partial charge is 0.269 e. The number of aliphatic imine (C=N–C) groups is 1. The van der Waals surface area contributed by atoms with E-state index in [1.165, 1.54) is 10.3 Å². The molecule has 0 spiro atoms. The number of dihydropyridines is 1. The first-order valence-electron chi connectivity index (χ1n) is 9.28. The summed E-state index contributed by atoms with van der Waals surface area (Å²) >= 11 is 6.28. The summed E-state index contributed by atoms with van der Waals surface area (Å²) in [7, 11) is -3.88. The first-order valence-corrected chi connectivity index (χ1v) is 11.1. The highest BCUT2D eigenvalue weighted by molar-refractivity contribution is 7.90. The minimum absolute atomic E-state index is 0.141. The Balaban J connectivity index is 2.02. The summed E-state index contributed by atoms with van der Waals surface area (Å²) in [6.45, 7) is 6.86. The van der Waals surface area contributed by atoms with Gasteiger partial charge in [0.15, 0.2) is 5.65 Å². The molecule has 0 bridgehead atoms. The molecule has 0 unspecified atom stereocenters. The minimum Gasteiger partial charge on any atom is -0.289 e. The number of fused-ring (bicyclic) bond motifs is 1. The molecule has 0 amide bonds. The van der Waals surface area contributed by atoms with Gasteiger partial charge in [0.2, 0.25) is 0 Å². The van der Waals surface area contributed by atoms with Crippen LogP contribution in [0.15, 0.2) is 58.7 Å². The summed E-state index contributed by atoms with van der Waals surface area (Å²) in [5, 5.41) is 0.726. The molecular formula is C21H21ClN4O2S. The fourth-order valence-electron chi connectivity index (χ4n) is 3.36. The number of benzene rings is 1. The lowest BCUT2D eigenvalue weighted by atomic mass is 9.86. The topological polar surface area (TPSA) is 77.2 Å². The molecule has 1 aliphatic heterocycles. The van der Waals surface area contributed by atoms with Gasteiger partial charge in [-0.15, -0.1) is 0 Å². The van der Waals surface area contributed by atoms with Crippen LogP contribution in [0, 0.1) is 5.41 Å². The zero-order valence-corrected chi connectivity index (χ0v) is 18.0. The van der Waals surface area contributed by atoms with Crippen molar-refractivity contribution >= 4 is 43.9 Å². The molecule has 29 heavy (non-hydrogen) atoms. The van der Waals surface area contributed by atoms with Crippen molar-refractivity contribution in [2.24, 2.45) is 10.4 Å². The van der Waals surface area contributed by atoms with E-state index in [-0.39, 0.29) is 21.1 Å². The van der Waals surface area contributed by atoms with E-state index in [0.717, 1.165) is 11.3 Å². The molecule has 1 aliphatic rings. The van der Waals surface area contributed by atoms with E-state index >= 15 is 0 Å². The summed E-state index contributed by atoms with van der Waals surface area (Å²) in [6.07, 6.45) is 3.89. The molecule has 150 valence electrons. The quantitative estimate of drug-likeness (QED) is 0.571. The van der Waals surface area contributed by atoms with Gasteiger partial charge in [0, 0.05) is 17.7 Å². The Morgan fingerprint density at radius 2 is 1.83 bits per heavy atom. The largest absolute Gasteiger partial charge is 0.289 e. The Kier molecular flexibility index (Phi) is 4.83. The number of aromatic nitrogens is 3. The maximum absolute atomic E-state index is 13.6. The van der Waals surface area contributed by atoms with Crippen LogP contribution in [0.3, 0.4) is 0 Å². The Hall–Kier alpha value is -2.51. The van der Waals surface area contributed by atoms with Gasteiger partial charge in [0.1, 0.15) is 11.5 Å². The van der Waals surface area contributed by atoms with E-state index < -0.39 is 10.0 Å². The van der Waals surface area contributed by atoms with E-state index in [4.69, 9.17) is 11.6 Å². The second kappa shape index (κ2) is 7.07. The lowest BCUT2D eigenvalue weighted by Gasteiger charge is -2.24. The van der Waals surface area contributed by atoms with E-state index in [9.17, 15) is 8.42 Å². The molecule has 0 saturated heterocycles. The summed E-state index contributed by atoms with van der Waals surface area (Å²) < 4.78 is 28.4. The SMILES string of the molecule is CC(C)(C)C1=NCCC(c2cc3c(Cl)ncnc3n2S(=O)(=O)c2ccccc2)=C1. The predicted molar refractivity (Wildman–Crippen MR) is 116 cm³/mol. The van der Waals surface area contributed by atoms with E-state index in [1.54, 1.807) is 36.4 Å². The number of halogens is 1. The molecule has 6 nitrogen and oxygen atoms in total. The Bertz CT molecular complexity index is 1250. The monoisotopic (exact) mass is 428 g/mol. The van der Waals surface area contributed by atoms with Crippen LogP contribution < -0.4 is 0 Å². The molecule has 0 fully saturated rings. The molecule has 0 N–H and O–H groups in total. The van der Waals surface area contributed by atoms with Gasteiger partial charge >= 0.3 is 0 Å². The van der Waals surface area contributed by atoms with Crippen LogP contribution in [0.4, 0.5) is 0 Å². The van der Waals surface area contributed by atoms with Crippen LogP contribution in [0.25, 0.3) is 16.6 Å². The third kappa shape index (κ3) is 3.49. The molecule has 1 aromatic carbocycles. The molecule has 0 saturated carbocycles. The maximum Gasteiger partial charge on any atom is 0.269 e. The average Bonchev–Trinajstić information content (AvgIpc) is 3.10. The molecule has 0 radical (unpaired) electrons. The second-order valence-corrected chi connectivity index (χ2v) is 10.1. The highest BCUT2D eigenvalue weighted by Gasteiger charge is 2.28. The molecule has 8 heteroatoms. The average molecular weight is 429 g/mol. The zero-order chi connectivity index (χ0) is 20.8. The van der Waals surface area contributed by atoms with Gasteiger partial charge in [-0.25, -0.2) is 22.4 Å². The van der Waals surface area contributed by atoms with Crippen LogP contribution in [-0.2, 0) is 10.0 Å². The van der Waals surface area contributed by atoms with Crippen LogP contribution in [0.5, 0.6) is 0 Å². The fourth-order valence-corrected chi connectivity index (χ4v) is 5.06. The van der Waals surface area contributed by atoms with Crippen molar-refractivity contribution in [2.45, 2.75) is 32.1 Å². The number of hydrogen-bond donors (Lipinski definition) is 0. The predicted octanol–water partition coefficient (Wildman–Crippen LogP) is 4.60. The van der Waals surface area contributed by atoms with Crippen LogP contribution in [0.2, 0.25) is 5.15 Å². The van der Waals surface area contributed by atoms with Gasteiger partial charge in [-0.3, -0.25) is 4.99 Å². The standard InChI is InChI=1S/C21H21ClN4O2S/c1-21(2,3)18-11-14(9-10-23-18)17-12-16-19(22)24-13-25-20(16)26(17)29(27,28)15-7-5-4-6-8-15/h4-8,11-13H,9-10H2,1-3H3. The van der Waals surface area contributed by atoms with Crippen LogP contribution >= 0.6 is 11.6 Å². The Labute approximate surface area is 175 Å². The summed E-state index contributed by atoms with van der Waals surface area (Å²) in [5.74, 6) is 0. The van der Waals surface area contributed by atoms with Gasteiger partial charge < -0.3 is 0 Å². The molecule has 4 rings (SSSR count). The number of nitrogens with zero attached hydrogens (tertiary/aromatic N) is 4. The molecule has 2 aromatic heterocycles. The van der Waals surface area contributed by atoms with Crippen molar-refractivity contribution in [2.75, 3.05) is 6.54 Å². The van der Waals surface area contributed by atoms with E-state index in [1.807, 2.05) is 6.08 Å². The molecule has 0 aliphatic carbocycles. The number of hydrogen-bond acceptors (Lipinski definition) is 5. The lowest BCUT2D eigenvalue weighted by Crippen LogP contribution is -2.22. The highest BCUT2D eigenvalue weighted by atomic mass is 35.5. The summed E-state index contributed by atoms with van der Waals surface area (Å²) in [4.78, 5) is 13.1. The normalized spacial score (nSPS) is 15.3. The molecular weight excluding hydrogens is 408 g/mol. The van der Waals surface area contributed by atoms with Gasteiger partial charge in [0.05, 0.1) is 16.0 Å². The van der Waals surface area contributed by atoms with Crippen molar-refractivity contribution in [3.63, 3.8) is 0 Å². The van der Waals surface area contributed by atoms with Gasteiger partial charge in [0.25, 0.3) is 10.0 Å². The van der Waals surface area contributed by atoms with Gasteiger partial charge in [-0.1, -0.05) is 50.6 Å². The van der Waals surface area contributed by atoms with Crippen molar-refractivity contribution in [3.8, 4) is 0 Å². The van der Waals surface area contributed by atoms with Crippen molar-refractivity contribution in [3.05, 3.63) is 59.6 Å². The lowest BCUT2D eigenvalue weighted by molar-refractivity contribution is 0.587. The van der Waals surface area contributed by atoms with Crippen molar-refractivity contribution in [1.82, 2.24) is 13.9 Å². The van der Waals surface area contributed by atoms with Crippen LogP contribution in [-0.4, -0.2) is 34.6 Å². The maximum atomic E-state index is 13.6. The van der Waals surface area contributed by atoms with Gasteiger partial charge in [-0.2, -0.15) is 0 Å². The fraction of sp³-hybridized carbons (Fsp3) is 0.286. The molecule has 3 aromatic rings. The molecule has 3 heterocycles. The zero-order valence-electron chi connectivity index (χ0n) is 16.4. The third-order valence-corrected chi connectivity index (χ3v) is 6.88. The van der Waals surface area contributed by atoms with Crippen molar-refractivity contribution < 1.29 is 8.42 Å². The first kappa shape index (κ1) is 19.8. The Morgan fingerprint density at radius 1 is 1.10 bits per heavy atom. The van der Waals surface area contributed by atoms with E-state index in [2.05, 4.69) is 35.7 Å². The summed E-state index contributed by atoms with van der Waals surface area (Å²) in [5.41, 5.74) is 2.49. The number of rotatable bonds is 3. The van der Waals surface area contributed by atoms with Gasteiger partial charge in [-0.05, 0) is 36.3 Å². The van der Waals surface area contributed by atoms with Crippen molar-refractivity contribution in [1.29, 1.82) is 0 Å². The summed E-state index contributed by atoms with van der Waals surface area (Å²) in [6, 6.07) is 10.1. The highest BCUT2D eigenvalue weighted by Crippen LogP contribution is 2.34. The third-order valence-electron chi connectivity index (χ3n) is 4.86. The van der Waals surface area contributed by atoms with E-state index in [0.29, 0.717) is 24.0 Å². The molecule has 0 atom stereocenters.